The van der Waals surface area contributed by atoms with Crippen molar-refractivity contribution in [3.05, 3.63) is 23.7 Å². The van der Waals surface area contributed by atoms with Crippen LogP contribution in [0, 0.1) is 18.3 Å². The molecule has 0 aliphatic rings. The van der Waals surface area contributed by atoms with Crippen LogP contribution in [0.2, 0.25) is 0 Å². The summed E-state index contributed by atoms with van der Waals surface area (Å²) in [7, 11) is 1.69. The van der Waals surface area contributed by atoms with E-state index in [1.54, 1.807) is 25.1 Å². The van der Waals surface area contributed by atoms with E-state index in [0.29, 0.717) is 6.54 Å². The van der Waals surface area contributed by atoms with E-state index in [4.69, 9.17) is 9.15 Å². The van der Waals surface area contributed by atoms with E-state index in [1.165, 1.54) is 0 Å². The summed E-state index contributed by atoms with van der Waals surface area (Å²) in [4.78, 5) is 26.3. The number of carbonyl (C=O) groups excluding carboxylic acids is 2. The topological polar surface area (TPSA) is 59.8 Å². The highest BCUT2D eigenvalue weighted by atomic mass is 16.5. The van der Waals surface area contributed by atoms with Gasteiger partial charge in [-0.25, -0.2) is 0 Å². The van der Waals surface area contributed by atoms with E-state index >= 15 is 0 Å². The monoisotopic (exact) mass is 295 g/mol. The Kier molecular flexibility index (Phi) is 5.58. The van der Waals surface area contributed by atoms with Gasteiger partial charge in [0.15, 0.2) is 0 Å². The summed E-state index contributed by atoms with van der Waals surface area (Å²) < 4.78 is 10.3. The minimum absolute atomic E-state index is 0.235. The van der Waals surface area contributed by atoms with E-state index in [-0.39, 0.29) is 12.5 Å². The molecule has 0 bridgehead atoms. The third kappa shape index (κ3) is 4.34. The standard InChI is InChI=1S/C16H25NO4/c1-7-20-15(19)13(16(3,4)5)14(18)17(6)10-12-8-9-21-11(12)2/h8-9,13H,7,10H2,1-6H3. The van der Waals surface area contributed by atoms with E-state index in [0.717, 1.165) is 11.3 Å². The van der Waals surface area contributed by atoms with Crippen molar-refractivity contribution in [2.24, 2.45) is 11.3 Å². The van der Waals surface area contributed by atoms with Gasteiger partial charge in [-0.15, -0.1) is 0 Å². The van der Waals surface area contributed by atoms with Gasteiger partial charge in [0.1, 0.15) is 11.7 Å². The van der Waals surface area contributed by atoms with E-state index < -0.39 is 17.3 Å². The molecule has 0 spiro atoms. The van der Waals surface area contributed by atoms with E-state index in [1.807, 2.05) is 33.8 Å². The molecule has 5 heteroatoms. The Hall–Kier alpha value is -1.78. The van der Waals surface area contributed by atoms with Gasteiger partial charge in [-0.1, -0.05) is 20.8 Å². The van der Waals surface area contributed by atoms with Crippen molar-refractivity contribution >= 4 is 11.9 Å². The highest BCUT2D eigenvalue weighted by molar-refractivity contribution is 5.98. The second-order valence-electron chi connectivity index (χ2n) is 6.25. The molecule has 5 nitrogen and oxygen atoms in total. The summed E-state index contributed by atoms with van der Waals surface area (Å²) in [6, 6.07) is 1.83. The number of carbonyl (C=O) groups is 2. The molecule has 1 atom stereocenters. The zero-order chi connectivity index (χ0) is 16.2. The first-order chi connectivity index (χ1) is 9.68. The molecule has 1 rings (SSSR count). The normalized spacial score (nSPS) is 12.9. The molecule has 1 aromatic rings. The predicted octanol–water partition coefficient (Wildman–Crippen LogP) is 2.77. The summed E-state index contributed by atoms with van der Waals surface area (Å²) in [6.45, 7) is 9.85. The second-order valence-corrected chi connectivity index (χ2v) is 6.25. The van der Waals surface area contributed by atoms with Crippen LogP contribution >= 0.6 is 0 Å². The minimum Gasteiger partial charge on any atom is -0.469 e. The van der Waals surface area contributed by atoms with Crippen LogP contribution in [0.1, 0.15) is 39.0 Å². The summed E-state index contributed by atoms with van der Waals surface area (Å²) in [5, 5.41) is 0. The molecule has 0 N–H and O–H groups in total. The van der Waals surface area contributed by atoms with Crippen LogP contribution in [0.25, 0.3) is 0 Å². The van der Waals surface area contributed by atoms with Crippen molar-refractivity contribution in [3.63, 3.8) is 0 Å². The van der Waals surface area contributed by atoms with Gasteiger partial charge in [0, 0.05) is 19.2 Å². The van der Waals surface area contributed by atoms with Gasteiger partial charge < -0.3 is 14.1 Å². The lowest BCUT2D eigenvalue weighted by molar-refractivity contribution is -0.160. The number of amides is 1. The number of nitrogens with zero attached hydrogens (tertiary/aromatic N) is 1. The maximum atomic E-state index is 12.6. The van der Waals surface area contributed by atoms with Crippen molar-refractivity contribution in [1.29, 1.82) is 0 Å². The van der Waals surface area contributed by atoms with Crippen molar-refractivity contribution in [2.75, 3.05) is 13.7 Å². The Labute approximate surface area is 126 Å². The van der Waals surface area contributed by atoms with Crippen molar-refractivity contribution < 1.29 is 18.7 Å². The number of ether oxygens (including phenoxy) is 1. The van der Waals surface area contributed by atoms with Crippen LogP contribution < -0.4 is 0 Å². The number of rotatable bonds is 5. The van der Waals surface area contributed by atoms with Crippen LogP contribution in [-0.2, 0) is 20.9 Å². The van der Waals surface area contributed by atoms with Crippen LogP contribution in [0.3, 0.4) is 0 Å². The molecular formula is C16H25NO4. The third-order valence-corrected chi connectivity index (χ3v) is 3.39. The van der Waals surface area contributed by atoms with E-state index in [9.17, 15) is 9.59 Å². The van der Waals surface area contributed by atoms with Gasteiger partial charge in [0.2, 0.25) is 5.91 Å². The van der Waals surface area contributed by atoms with Crippen LogP contribution in [0.4, 0.5) is 0 Å². The molecule has 118 valence electrons. The molecule has 0 radical (unpaired) electrons. The van der Waals surface area contributed by atoms with Gasteiger partial charge in [0.25, 0.3) is 0 Å². The molecule has 1 unspecified atom stereocenters. The Morgan fingerprint density at radius 3 is 2.43 bits per heavy atom. The number of esters is 1. The fraction of sp³-hybridized carbons (Fsp3) is 0.625. The average Bonchev–Trinajstić information content (AvgIpc) is 2.73. The fourth-order valence-corrected chi connectivity index (χ4v) is 2.18. The summed E-state index contributed by atoms with van der Waals surface area (Å²) >= 11 is 0. The number of aryl methyl sites for hydroxylation is 1. The maximum Gasteiger partial charge on any atom is 0.319 e. The lowest BCUT2D eigenvalue weighted by Gasteiger charge is -2.31. The quantitative estimate of drug-likeness (QED) is 0.619. The summed E-state index contributed by atoms with van der Waals surface area (Å²) in [5.41, 5.74) is 0.436. The van der Waals surface area contributed by atoms with Crippen LogP contribution in [0.5, 0.6) is 0 Å². The Balaban J connectivity index is 2.90. The zero-order valence-corrected chi connectivity index (χ0v) is 13.7. The maximum absolute atomic E-state index is 12.6. The predicted molar refractivity (Wildman–Crippen MR) is 79.5 cm³/mol. The van der Waals surface area contributed by atoms with Crippen molar-refractivity contribution in [3.8, 4) is 0 Å². The zero-order valence-electron chi connectivity index (χ0n) is 13.7. The van der Waals surface area contributed by atoms with Gasteiger partial charge in [-0.3, -0.25) is 9.59 Å². The first kappa shape index (κ1) is 17.3. The lowest BCUT2D eigenvalue weighted by Crippen LogP contribution is -2.44. The molecule has 21 heavy (non-hydrogen) atoms. The Morgan fingerprint density at radius 2 is 2.00 bits per heavy atom. The average molecular weight is 295 g/mol. The molecule has 0 saturated carbocycles. The summed E-state index contributed by atoms with van der Waals surface area (Å²) in [5.74, 6) is -0.736. The molecule has 1 aromatic heterocycles. The van der Waals surface area contributed by atoms with Crippen molar-refractivity contribution in [1.82, 2.24) is 4.90 Å². The molecule has 0 aliphatic heterocycles. The molecule has 0 fully saturated rings. The molecule has 0 aliphatic carbocycles. The molecule has 1 amide bonds. The molecular weight excluding hydrogens is 270 g/mol. The molecule has 0 saturated heterocycles. The summed E-state index contributed by atoms with van der Waals surface area (Å²) in [6.07, 6.45) is 1.59. The number of furan rings is 1. The van der Waals surface area contributed by atoms with E-state index in [2.05, 4.69) is 0 Å². The smallest absolute Gasteiger partial charge is 0.319 e. The number of hydrogen-bond donors (Lipinski definition) is 0. The first-order valence-corrected chi connectivity index (χ1v) is 7.13. The molecule has 1 heterocycles. The van der Waals surface area contributed by atoms with Crippen LogP contribution in [-0.4, -0.2) is 30.4 Å². The SMILES string of the molecule is CCOC(=O)C(C(=O)N(C)Cc1ccoc1C)C(C)(C)C. The van der Waals surface area contributed by atoms with Crippen LogP contribution in [0.15, 0.2) is 16.7 Å². The Morgan fingerprint density at radius 1 is 1.38 bits per heavy atom. The Bertz CT molecular complexity index is 499. The highest BCUT2D eigenvalue weighted by Crippen LogP contribution is 2.29. The highest BCUT2D eigenvalue weighted by Gasteiger charge is 2.40. The van der Waals surface area contributed by atoms with Gasteiger partial charge in [-0.05, 0) is 25.3 Å². The van der Waals surface area contributed by atoms with Gasteiger partial charge >= 0.3 is 5.97 Å². The molecule has 0 aromatic carbocycles. The van der Waals surface area contributed by atoms with Gasteiger partial charge in [-0.2, -0.15) is 0 Å². The fourth-order valence-electron chi connectivity index (χ4n) is 2.18. The number of hydrogen-bond acceptors (Lipinski definition) is 4. The first-order valence-electron chi connectivity index (χ1n) is 7.13. The third-order valence-electron chi connectivity index (χ3n) is 3.39. The largest absolute Gasteiger partial charge is 0.469 e. The van der Waals surface area contributed by atoms with Crippen molar-refractivity contribution in [2.45, 2.75) is 41.2 Å². The second kappa shape index (κ2) is 6.78. The lowest BCUT2D eigenvalue weighted by atomic mass is 9.79. The van der Waals surface area contributed by atoms with Gasteiger partial charge in [0.05, 0.1) is 12.9 Å². The minimum atomic E-state index is -0.811.